The van der Waals surface area contributed by atoms with Gasteiger partial charge >= 0.3 is 0 Å². The van der Waals surface area contributed by atoms with E-state index >= 15 is 0 Å². The quantitative estimate of drug-likeness (QED) is 0.417. The Kier molecular flexibility index (Phi) is 6.37. The summed E-state index contributed by atoms with van der Waals surface area (Å²) in [5.41, 5.74) is 5.89. The molecule has 0 unspecified atom stereocenters. The fraction of sp³-hybridized carbons (Fsp3) is 0.360. The third-order valence-electron chi connectivity index (χ3n) is 6.31. The van der Waals surface area contributed by atoms with Gasteiger partial charge < -0.3 is 14.8 Å². The van der Waals surface area contributed by atoms with Gasteiger partial charge in [0.05, 0.1) is 23.8 Å². The Morgan fingerprint density at radius 2 is 1.97 bits per heavy atom. The van der Waals surface area contributed by atoms with Crippen LogP contribution in [0.2, 0.25) is 0 Å². The van der Waals surface area contributed by atoms with Crippen LogP contribution in [0.4, 0.5) is 17.3 Å². The van der Waals surface area contributed by atoms with Crippen molar-refractivity contribution < 1.29 is 14.4 Å². The minimum atomic E-state index is -0.399. The standard InChI is InChI=1S/C25H27N5O4/c1-17-14-20(30(31)32)4-7-23(17)27-25-26-16-19-3-2-18-15-21(5-6-22(18)24(19)28-25)34-13-10-29-8-11-33-12-9-29/h4-7,14-16H,2-3,8-13H2,1H3,(H,26,27,28). The van der Waals surface area contributed by atoms with E-state index in [1.165, 1.54) is 17.7 Å². The monoisotopic (exact) mass is 461 g/mol. The van der Waals surface area contributed by atoms with Gasteiger partial charge in [-0.05, 0) is 60.7 Å². The molecule has 3 aromatic rings. The van der Waals surface area contributed by atoms with Crippen LogP contribution in [0.3, 0.4) is 0 Å². The summed E-state index contributed by atoms with van der Waals surface area (Å²) in [7, 11) is 0. The molecule has 2 heterocycles. The Hall–Kier alpha value is -3.56. The molecule has 5 rings (SSSR count). The molecule has 0 atom stereocenters. The third kappa shape index (κ3) is 4.85. The van der Waals surface area contributed by atoms with Gasteiger partial charge in [-0.2, -0.15) is 0 Å². The number of nitrogens with zero attached hydrogens (tertiary/aromatic N) is 4. The Morgan fingerprint density at radius 3 is 2.76 bits per heavy atom. The van der Waals surface area contributed by atoms with E-state index in [1.807, 2.05) is 19.2 Å². The normalized spacial score (nSPS) is 15.3. The molecule has 1 aromatic heterocycles. The molecule has 9 heteroatoms. The Morgan fingerprint density at radius 1 is 1.15 bits per heavy atom. The number of fused-ring (bicyclic) bond motifs is 3. The number of nitrogens with one attached hydrogen (secondary N) is 1. The van der Waals surface area contributed by atoms with Crippen molar-refractivity contribution in [2.45, 2.75) is 19.8 Å². The van der Waals surface area contributed by atoms with Crippen LogP contribution >= 0.6 is 0 Å². The highest BCUT2D eigenvalue weighted by Crippen LogP contribution is 2.35. The van der Waals surface area contributed by atoms with Crippen molar-refractivity contribution in [2.24, 2.45) is 0 Å². The summed E-state index contributed by atoms with van der Waals surface area (Å²) >= 11 is 0. The Bertz CT molecular complexity index is 1210. The van der Waals surface area contributed by atoms with E-state index < -0.39 is 4.92 Å². The topological polar surface area (TPSA) is 103 Å². The molecule has 34 heavy (non-hydrogen) atoms. The van der Waals surface area contributed by atoms with Crippen molar-refractivity contribution >= 4 is 17.3 Å². The lowest BCUT2D eigenvalue weighted by Crippen LogP contribution is -2.38. The maximum absolute atomic E-state index is 11.0. The van der Waals surface area contributed by atoms with Crippen molar-refractivity contribution in [3.63, 3.8) is 0 Å². The molecule has 1 fully saturated rings. The van der Waals surface area contributed by atoms with E-state index in [4.69, 9.17) is 14.5 Å². The molecule has 0 saturated carbocycles. The van der Waals surface area contributed by atoms with Crippen LogP contribution < -0.4 is 10.1 Å². The van der Waals surface area contributed by atoms with Crippen LogP contribution in [0.25, 0.3) is 11.3 Å². The number of aryl methyl sites for hydroxylation is 3. The first kappa shape index (κ1) is 22.2. The van der Waals surface area contributed by atoms with E-state index in [0.29, 0.717) is 12.6 Å². The van der Waals surface area contributed by atoms with E-state index in [-0.39, 0.29) is 5.69 Å². The highest BCUT2D eigenvalue weighted by atomic mass is 16.6. The van der Waals surface area contributed by atoms with Gasteiger partial charge in [-0.1, -0.05) is 0 Å². The molecule has 1 N–H and O–H groups in total. The van der Waals surface area contributed by atoms with Crippen LogP contribution in [0.5, 0.6) is 5.75 Å². The molecule has 1 saturated heterocycles. The molecular weight excluding hydrogens is 434 g/mol. The highest BCUT2D eigenvalue weighted by Gasteiger charge is 2.20. The number of anilines is 2. The largest absolute Gasteiger partial charge is 0.492 e. The lowest BCUT2D eigenvalue weighted by atomic mass is 9.90. The average Bonchev–Trinajstić information content (AvgIpc) is 2.85. The second-order valence-corrected chi connectivity index (χ2v) is 8.57. The van der Waals surface area contributed by atoms with Crippen LogP contribution in [0, 0.1) is 17.0 Å². The summed E-state index contributed by atoms with van der Waals surface area (Å²) in [5.74, 6) is 1.35. The molecule has 0 bridgehead atoms. The minimum absolute atomic E-state index is 0.0614. The number of benzene rings is 2. The summed E-state index contributed by atoms with van der Waals surface area (Å²) in [6, 6.07) is 10.9. The summed E-state index contributed by atoms with van der Waals surface area (Å²) in [6.07, 6.45) is 3.65. The summed E-state index contributed by atoms with van der Waals surface area (Å²) in [4.78, 5) is 22.2. The molecule has 0 radical (unpaired) electrons. The van der Waals surface area contributed by atoms with Crippen molar-refractivity contribution in [3.05, 3.63) is 69.4 Å². The van der Waals surface area contributed by atoms with Crippen molar-refractivity contribution in [1.29, 1.82) is 0 Å². The molecule has 9 nitrogen and oxygen atoms in total. The second-order valence-electron chi connectivity index (χ2n) is 8.57. The summed E-state index contributed by atoms with van der Waals surface area (Å²) in [5, 5.41) is 14.2. The summed E-state index contributed by atoms with van der Waals surface area (Å²) in [6.45, 7) is 6.87. The lowest BCUT2D eigenvalue weighted by molar-refractivity contribution is -0.384. The highest BCUT2D eigenvalue weighted by molar-refractivity contribution is 5.72. The van der Waals surface area contributed by atoms with E-state index in [0.717, 1.165) is 79.5 Å². The molecule has 176 valence electrons. The number of morpholine rings is 1. The third-order valence-corrected chi connectivity index (χ3v) is 6.31. The van der Waals surface area contributed by atoms with E-state index in [9.17, 15) is 10.1 Å². The number of non-ortho nitro benzene ring substituents is 1. The van der Waals surface area contributed by atoms with Gasteiger partial charge in [0.25, 0.3) is 5.69 Å². The zero-order valence-electron chi connectivity index (χ0n) is 19.1. The molecule has 2 aromatic carbocycles. The minimum Gasteiger partial charge on any atom is -0.492 e. The predicted octanol–water partition coefficient (Wildman–Crippen LogP) is 3.91. The van der Waals surface area contributed by atoms with Gasteiger partial charge in [0.15, 0.2) is 0 Å². The van der Waals surface area contributed by atoms with Gasteiger partial charge in [-0.3, -0.25) is 15.0 Å². The zero-order chi connectivity index (χ0) is 23.5. The molecule has 1 aliphatic heterocycles. The number of rotatable bonds is 7. The van der Waals surface area contributed by atoms with Crippen LogP contribution in [-0.2, 0) is 17.6 Å². The first-order valence-corrected chi connectivity index (χ1v) is 11.5. The van der Waals surface area contributed by atoms with Crippen molar-refractivity contribution in [2.75, 3.05) is 44.8 Å². The van der Waals surface area contributed by atoms with Gasteiger partial charge in [-0.15, -0.1) is 0 Å². The smallest absolute Gasteiger partial charge is 0.269 e. The van der Waals surface area contributed by atoms with Gasteiger partial charge in [-0.25, -0.2) is 9.97 Å². The van der Waals surface area contributed by atoms with Crippen LogP contribution in [-0.4, -0.2) is 59.2 Å². The fourth-order valence-electron chi connectivity index (χ4n) is 4.39. The van der Waals surface area contributed by atoms with Crippen LogP contribution in [0.15, 0.2) is 42.6 Å². The molecule has 1 aliphatic carbocycles. The zero-order valence-corrected chi connectivity index (χ0v) is 19.1. The number of nitro benzene ring substituents is 1. The van der Waals surface area contributed by atoms with Crippen molar-refractivity contribution in [1.82, 2.24) is 14.9 Å². The number of hydrogen-bond donors (Lipinski definition) is 1. The summed E-state index contributed by atoms with van der Waals surface area (Å²) < 4.78 is 11.4. The van der Waals surface area contributed by atoms with E-state index in [2.05, 4.69) is 27.3 Å². The van der Waals surface area contributed by atoms with Gasteiger partial charge in [0.2, 0.25) is 5.95 Å². The molecule has 2 aliphatic rings. The first-order chi connectivity index (χ1) is 16.6. The van der Waals surface area contributed by atoms with Gasteiger partial charge in [0, 0.05) is 49.2 Å². The number of aromatic nitrogens is 2. The molecule has 0 spiro atoms. The fourth-order valence-corrected chi connectivity index (χ4v) is 4.39. The molecule has 0 amide bonds. The first-order valence-electron chi connectivity index (χ1n) is 11.5. The maximum atomic E-state index is 11.0. The Labute approximate surface area is 197 Å². The predicted molar refractivity (Wildman–Crippen MR) is 129 cm³/mol. The molecular formula is C25H27N5O4. The number of hydrogen-bond acceptors (Lipinski definition) is 8. The SMILES string of the molecule is Cc1cc([N+](=O)[O-])ccc1Nc1ncc2c(n1)-c1ccc(OCCN3CCOCC3)cc1CC2. The lowest BCUT2D eigenvalue weighted by Gasteiger charge is -2.26. The van der Waals surface area contributed by atoms with E-state index in [1.54, 1.807) is 6.07 Å². The Balaban J connectivity index is 1.30. The average molecular weight is 462 g/mol. The van der Waals surface area contributed by atoms with Gasteiger partial charge in [0.1, 0.15) is 12.4 Å². The van der Waals surface area contributed by atoms with Crippen molar-refractivity contribution in [3.8, 4) is 17.0 Å². The van der Waals surface area contributed by atoms with Crippen LogP contribution in [0.1, 0.15) is 16.7 Å². The second kappa shape index (κ2) is 9.74. The maximum Gasteiger partial charge on any atom is 0.269 e. The number of ether oxygens (including phenoxy) is 2. The number of nitro groups is 1.